The number of carbonyl (C=O) groups excluding carboxylic acids is 2. The van der Waals surface area contributed by atoms with Crippen molar-refractivity contribution in [3.05, 3.63) is 59.2 Å². The van der Waals surface area contributed by atoms with Crippen LogP contribution in [-0.2, 0) is 21.1 Å². The average molecular weight is 442 g/mol. The van der Waals surface area contributed by atoms with Crippen molar-refractivity contribution >= 4 is 33.2 Å². The molecule has 0 spiro atoms. The number of hydrogen-bond acceptors (Lipinski definition) is 4. The summed E-state index contributed by atoms with van der Waals surface area (Å²) in [4.78, 5) is 28.9. The Morgan fingerprint density at radius 3 is 2.35 bits per heavy atom. The van der Waals surface area contributed by atoms with E-state index in [1.165, 1.54) is 9.80 Å². The zero-order valence-corrected chi connectivity index (χ0v) is 18.8. The van der Waals surface area contributed by atoms with E-state index < -0.39 is 21.9 Å². The third kappa shape index (κ3) is 4.17. The Morgan fingerprint density at radius 2 is 1.71 bits per heavy atom. The number of urea groups is 1. The molecule has 0 radical (unpaired) electrons. The molecule has 2 aromatic carbocycles. The molecule has 8 heteroatoms. The first-order valence-electron chi connectivity index (χ1n) is 10.4. The lowest BCUT2D eigenvalue weighted by molar-refractivity contribution is -0.116. The zero-order chi connectivity index (χ0) is 22.3. The molecule has 3 amide bonds. The van der Waals surface area contributed by atoms with Crippen LogP contribution in [0.3, 0.4) is 0 Å². The number of benzene rings is 2. The highest BCUT2D eigenvalue weighted by Crippen LogP contribution is 2.35. The maximum atomic E-state index is 13.2. The lowest BCUT2D eigenvalue weighted by Crippen LogP contribution is -2.42. The number of nitrogens with one attached hydrogen (secondary N) is 1. The van der Waals surface area contributed by atoms with Gasteiger partial charge in [-0.2, -0.15) is 0 Å². The number of nitrogens with zero attached hydrogens (tertiary/aromatic N) is 2. The van der Waals surface area contributed by atoms with Gasteiger partial charge in [-0.15, -0.1) is 0 Å². The van der Waals surface area contributed by atoms with Gasteiger partial charge in [-0.1, -0.05) is 25.1 Å². The Balaban J connectivity index is 1.57. The first-order valence-corrected chi connectivity index (χ1v) is 12.3. The number of hydrogen-bond donors (Lipinski definition) is 1. The van der Waals surface area contributed by atoms with Crippen molar-refractivity contribution in [1.29, 1.82) is 0 Å². The van der Waals surface area contributed by atoms with Crippen LogP contribution in [0.15, 0.2) is 42.5 Å². The fraction of sp³-hybridized carbons (Fsp3) is 0.391. The molecule has 2 unspecified atom stereocenters. The zero-order valence-electron chi connectivity index (χ0n) is 18.0. The molecule has 0 saturated carbocycles. The van der Waals surface area contributed by atoms with Gasteiger partial charge in [0.25, 0.3) is 0 Å². The van der Waals surface area contributed by atoms with Gasteiger partial charge >= 0.3 is 6.03 Å². The van der Waals surface area contributed by atoms with E-state index in [0.717, 1.165) is 23.1 Å². The first-order chi connectivity index (χ1) is 14.7. The molecular weight excluding hydrogens is 414 g/mol. The summed E-state index contributed by atoms with van der Waals surface area (Å²) >= 11 is 0. The van der Waals surface area contributed by atoms with Crippen LogP contribution < -0.4 is 10.2 Å². The predicted octanol–water partition coefficient (Wildman–Crippen LogP) is 2.91. The summed E-state index contributed by atoms with van der Waals surface area (Å²) in [5.41, 5.74) is 4.62. The minimum absolute atomic E-state index is 0.0891. The largest absolute Gasteiger partial charge is 0.325 e. The average Bonchev–Trinajstić information content (AvgIpc) is 3.15. The van der Waals surface area contributed by atoms with Gasteiger partial charge in [0.1, 0.15) is 6.54 Å². The molecule has 2 saturated heterocycles. The molecule has 0 aliphatic carbocycles. The van der Waals surface area contributed by atoms with E-state index in [9.17, 15) is 18.0 Å². The summed E-state index contributed by atoms with van der Waals surface area (Å²) < 4.78 is 24.7. The number of aryl methyl sites for hydroxylation is 3. The summed E-state index contributed by atoms with van der Waals surface area (Å²) in [5.74, 6) is -0.555. The van der Waals surface area contributed by atoms with Crippen molar-refractivity contribution in [1.82, 2.24) is 4.90 Å². The number of amides is 3. The number of sulfone groups is 1. The molecule has 0 aromatic heterocycles. The molecule has 2 aliphatic rings. The SMILES string of the molecule is CCc1ccc(N2C(=O)N(CC(=O)Nc3ccc(C)c(C)c3)C3CS(=O)(=O)CC32)cc1. The van der Waals surface area contributed by atoms with E-state index in [-0.39, 0.29) is 30.0 Å². The molecule has 2 atom stereocenters. The van der Waals surface area contributed by atoms with Gasteiger partial charge in [-0.05, 0) is 61.2 Å². The van der Waals surface area contributed by atoms with Crippen LogP contribution in [-0.4, -0.2) is 55.4 Å². The van der Waals surface area contributed by atoms with Gasteiger partial charge in [0.05, 0.1) is 23.6 Å². The van der Waals surface area contributed by atoms with Crippen molar-refractivity contribution in [2.75, 3.05) is 28.3 Å². The van der Waals surface area contributed by atoms with Crippen LogP contribution in [0.4, 0.5) is 16.2 Å². The topological polar surface area (TPSA) is 86.8 Å². The highest BCUT2D eigenvalue weighted by atomic mass is 32.2. The van der Waals surface area contributed by atoms with E-state index >= 15 is 0 Å². The minimum Gasteiger partial charge on any atom is -0.325 e. The van der Waals surface area contributed by atoms with Crippen LogP contribution in [0.2, 0.25) is 0 Å². The fourth-order valence-electron chi connectivity index (χ4n) is 4.33. The van der Waals surface area contributed by atoms with Crippen molar-refractivity contribution < 1.29 is 18.0 Å². The molecule has 2 heterocycles. The van der Waals surface area contributed by atoms with Gasteiger partial charge < -0.3 is 10.2 Å². The van der Waals surface area contributed by atoms with E-state index in [1.807, 2.05) is 63.2 Å². The first kappa shape index (κ1) is 21.4. The number of rotatable bonds is 5. The molecule has 7 nitrogen and oxygen atoms in total. The predicted molar refractivity (Wildman–Crippen MR) is 121 cm³/mol. The second-order valence-electron chi connectivity index (χ2n) is 8.36. The third-order valence-corrected chi connectivity index (χ3v) is 7.90. The molecule has 0 bridgehead atoms. The molecule has 1 N–H and O–H groups in total. The van der Waals surface area contributed by atoms with E-state index in [2.05, 4.69) is 5.32 Å². The highest BCUT2D eigenvalue weighted by molar-refractivity contribution is 7.91. The minimum atomic E-state index is -3.29. The van der Waals surface area contributed by atoms with E-state index in [0.29, 0.717) is 11.4 Å². The standard InChI is InChI=1S/C23H27N3O4S/c1-4-17-6-9-19(10-7-17)26-21-14-31(29,30)13-20(21)25(23(26)28)12-22(27)24-18-8-5-15(2)16(3)11-18/h5-11,20-21H,4,12-14H2,1-3H3,(H,24,27). The molecule has 2 aromatic rings. The summed E-state index contributed by atoms with van der Waals surface area (Å²) in [5, 5.41) is 2.83. The van der Waals surface area contributed by atoms with E-state index in [4.69, 9.17) is 0 Å². The van der Waals surface area contributed by atoms with Crippen molar-refractivity contribution in [2.45, 2.75) is 39.3 Å². The Hall–Kier alpha value is -2.87. The number of carbonyl (C=O) groups is 2. The number of anilines is 2. The highest BCUT2D eigenvalue weighted by Gasteiger charge is 2.54. The summed E-state index contributed by atoms with van der Waals surface area (Å²) in [6.07, 6.45) is 0.874. The Labute approximate surface area is 183 Å². The maximum Gasteiger partial charge on any atom is 0.325 e. The number of fused-ring (bicyclic) bond motifs is 1. The quantitative estimate of drug-likeness (QED) is 0.723. The van der Waals surface area contributed by atoms with Crippen molar-refractivity contribution in [3.8, 4) is 0 Å². The lowest BCUT2D eigenvalue weighted by Gasteiger charge is -2.22. The second-order valence-corrected chi connectivity index (χ2v) is 10.5. The van der Waals surface area contributed by atoms with Crippen LogP contribution >= 0.6 is 0 Å². The van der Waals surface area contributed by atoms with Crippen LogP contribution in [0.5, 0.6) is 0 Å². The van der Waals surface area contributed by atoms with Crippen molar-refractivity contribution in [3.63, 3.8) is 0 Å². The maximum absolute atomic E-state index is 13.2. The Morgan fingerprint density at radius 1 is 1.03 bits per heavy atom. The molecule has 2 aliphatic heterocycles. The Bertz CT molecular complexity index is 1130. The smallest absolute Gasteiger partial charge is 0.325 e. The lowest BCUT2D eigenvalue weighted by atomic mass is 10.1. The molecule has 164 valence electrons. The molecule has 2 fully saturated rings. The van der Waals surface area contributed by atoms with Gasteiger partial charge in [-0.25, -0.2) is 13.2 Å². The fourth-order valence-corrected chi connectivity index (χ4v) is 6.28. The molecular formula is C23H27N3O4S. The molecule has 31 heavy (non-hydrogen) atoms. The van der Waals surface area contributed by atoms with Gasteiger partial charge in [0, 0.05) is 11.4 Å². The molecule has 4 rings (SSSR count). The van der Waals surface area contributed by atoms with E-state index in [1.54, 1.807) is 0 Å². The Kier molecular flexibility index (Phi) is 5.51. The monoisotopic (exact) mass is 441 g/mol. The summed E-state index contributed by atoms with van der Waals surface area (Å²) in [6.45, 7) is 5.81. The van der Waals surface area contributed by atoms with Gasteiger partial charge in [0.15, 0.2) is 9.84 Å². The second kappa shape index (κ2) is 8.00. The normalized spacial score (nSPS) is 22.0. The van der Waals surface area contributed by atoms with Crippen LogP contribution in [0.25, 0.3) is 0 Å². The van der Waals surface area contributed by atoms with Gasteiger partial charge in [-0.3, -0.25) is 9.69 Å². The summed E-state index contributed by atoms with van der Waals surface area (Å²) in [6, 6.07) is 11.8. The van der Waals surface area contributed by atoms with Crippen LogP contribution in [0.1, 0.15) is 23.6 Å². The van der Waals surface area contributed by atoms with Crippen molar-refractivity contribution in [2.24, 2.45) is 0 Å². The summed E-state index contributed by atoms with van der Waals surface area (Å²) in [7, 11) is -3.29. The van der Waals surface area contributed by atoms with Gasteiger partial charge in [0.2, 0.25) is 5.91 Å². The van der Waals surface area contributed by atoms with Crippen LogP contribution in [0, 0.1) is 13.8 Å². The third-order valence-electron chi connectivity index (χ3n) is 6.20.